The van der Waals surface area contributed by atoms with Gasteiger partial charge in [-0.2, -0.15) is 0 Å². The van der Waals surface area contributed by atoms with Gasteiger partial charge < -0.3 is 19.8 Å². The molecular formula is C26H27N3O5. The van der Waals surface area contributed by atoms with Crippen LogP contribution in [-0.2, 0) is 16.1 Å². The van der Waals surface area contributed by atoms with Gasteiger partial charge in [-0.05, 0) is 48.7 Å². The zero-order chi connectivity index (χ0) is 24.1. The monoisotopic (exact) mass is 461 g/mol. The molecule has 8 heteroatoms. The molecule has 2 aromatic carbocycles. The largest absolute Gasteiger partial charge is 0.459 e. The maximum atomic E-state index is 13.2. The molecule has 0 aliphatic carbocycles. The third kappa shape index (κ3) is 5.11. The van der Waals surface area contributed by atoms with Crippen molar-refractivity contribution in [3.63, 3.8) is 0 Å². The van der Waals surface area contributed by atoms with Crippen molar-refractivity contribution in [3.8, 4) is 0 Å². The van der Waals surface area contributed by atoms with Crippen LogP contribution in [0.5, 0.6) is 0 Å². The number of anilines is 1. The Morgan fingerprint density at radius 3 is 2.41 bits per heavy atom. The van der Waals surface area contributed by atoms with E-state index < -0.39 is 18.2 Å². The molecule has 3 amide bonds. The number of hydrogen-bond acceptors (Lipinski definition) is 5. The highest BCUT2D eigenvalue weighted by Crippen LogP contribution is 2.34. The van der Waals surface area contributed by atoms with Crippen molar-refractivity contribution in [1.82, 2.24) is 10.2 Å². The van der Waals surface area contributed by atoms with E-state index in [0.29, 0.717) is 11.3 Å². The van der Waals surface area contributed by atoms with E-state index in [4.69, 9.17) is 9.15 Å². The number of hydrogen-bond donors (Lipinski definition) is 2. The lowest BCUT2D eigenvalue weighted by Crippen LogP contribution is -2.48. The number of carbonyl (C=O) groups is 3. The average Bonchev–Trinajstić information content (AvgIpc) is 3.49. The van der Waals surface area contributed by atoms with Gasteiger partial charge in [0.1, 0.15) is 0 Å². The first-order valence-corrected chi connectivity index (χ1v) is 11.2. The van der Waals surface area contributed by atoms with Crippen LogP contribution in [0, 0.1) is 0 Å². The van der Waals surface area contributed by atoms with Crippen molar-refractivity contribution >= 4 is 23.6 Å². The molecule has 34 heavy (non-hydrogen) atoms. The van der Waals surface area contributed by atoms with Crippen LogP contribution in [0.4, 0.5) is 10.5 Å². The van der Waals surface area contributed by atoms with Gasteiger partial charge in [-0.3, -0.25) is 14.5 Å². The molecule has 0 radical (unpaired) electrons. The van der Waals surface area contributed by atoms with Gasteiger partial charge in [-0.15, -0.1) is 0 Å². The van der Waals surface area contributed by atoms with Gasteiger partial charge in [0.05, 0.1) is 12.8 Å². The fourth-order valence-electron chi connectivity index (χ4n) is 3.78. The molecule has 2 heterocycles. The van der Waals surface area contributed by atoms with E-state index in [1.165, 1.54) is 11.2 Å². The van der Waals surface area contributed by atoms with Crippen LogP contribution in [0.25, 0.3) is 0 Å². The molecule has 0 bridgehead atoms. The normalized spacial score (nSPS) is 18.3. The van der Waals surface area contributed by atoms with Gasteiger partial charge in [-0.1, -0.05) is 49.4 Å². The summed E-state index contributed by atoms with van der Waals surface area (Å²) in [7, 11) is 0. The Balaban J connectivity index is 1.56. The molecule has 3 aromatic rings. The van der Waals surface area contributed by atoms with Gasteiger partial charge in [0.2, 0.25) is 5.91 Å². The smallest absolute Gasteiger partial charge is 0.411 e. The first kappa shape index (κ1) is 23.1. The highest BCUT2D eigenvalue weighted by atomic mass is 16.6. The second-order valence-electron chi connectivity index (χ2n) is 8.23. The summed E-state index contributed by atoms with van der Waals surface area (Å²) < 4.78 is 10.8. The molecule has 0 unspecified atom stereocenters. The highest BCUT2D eigenvalue weighted by molar-refractivity contribution is 6.02. The van der Waals surface area contributed by atoms with Crippen molar-refractivity contribution in [2.45, 2.75) is 45.0 Å². The minimum atomic E-state index is -0.828. The molecular weight excluding hydrogens is 434 g/mol. The standard InChI is InChI=1S/C26H27N3O5/c1-3-17(2)27-25(31)22-23(34-26(32)29(22)16-18-8-5-4-6-9-18)19-11-13-20(14-12-19)28-24(30)21-10-7-15-33-21/h4-15,17,22-23H,3,16H2,1-2H3,(H,27,31)(H,28,30)/t17-,22+,23+/m0/s1. The molecule has 0 spiro atoms. The molecule has 4 rings (SSSR count). The van der Waals surface area contributed by atoms with E-state index in [9.17, 15) is 14.4 Å². The molecule has 8 nitrogen and oxygen atoms in total. The van der Waals surface area contributed by atoms with E-state index in [2.05, 4.69) is 10.6 Å². The van der Waals surface area contributed by atoms with Gasteiger partial charge in [0.15, 0.2) is 17.9 Å². The number of nitrogens with zero attached hydrogens (tertiary/aromatic N) is 1. The molecule has 1 aromatic heterocycles. The molecule has 1 aliphatic heterocycles. The summed E-state index contributed by atoms with van der Waals surface area (Å²) in [5, 5.41) is 5.73. The first-order valence-electron chi connectivity index (χ1n) is 11.2. The average molecular weight is 462 g/mol. The van der Waals surface area contributed by atoms with E-state index in [-0.39, 0.29) is 30.2 Å². The zero-order valence-electron chi connectivity index (χ0n) is 19.1. The van der Waals surface area contributed by atoms with Crippen LogP contribution >= 0.6 is 0 Å². The van der Waals surface area contributed by atoms with Crippen LogP contribution in [-0.4, -0.2) is 34.9 Å². The number of carbonyl (C=O) groups excluding carboxylic acids is 3. The molecule has 1 fully saturated rings. The summed E-state index contributed by atoms with van der Waals surface area (Å²) >= 11 is 0. The summed E-state index contributed by atoms with van der Waals surface area (Å²) in [5.74, 6) is -0.437. The number of amides is 3. The Hall–Kier alpha value is -4.07. The fourth-order valence-corrected chi connectivity index (χ4v) is 3.78. The number of benzene rings is 2. The Morgan fingerprint density at radius 2 is 1.76 bits per heavy atom. The summed E-state index contributed by atoms with van der Waals surface area (Å²) in [6.45, 7) is 4.16. The minimum Gasteiger partial charge on any atom is -0.459 e. The summed E-state index contributed by atoms with van der Waals surface area (Å²) in [6, 6.07) is 18.7. The lowest BCUT2D eigenvalue weighted by atomic mass is 10.00. The Labute approximate surface area is 197 Å². The topological polar surface area (TPSA) is 101 Å². The third-order valence-corrected chi connectivity index (χ3v) is 5.79. The maximum absolute atomic E-state index is 13.2. The van der Waals surface area contributed by atoms with Gasteiger partial charge in [0, 0.05) is 11.7 Å². The van der Waals surface area contributed by atoms with E-state index in [0.717, 1.165) is 12.0 Å². The van der Waals surface area contributed by atoms with E-state index >= 15 is 0 Å². The lowest BCUT2D eigenvalue weighted by Gasteiger charge is -2.25. The molecule has 2 N–H and O–H groups in total. The Morgan fingerprint density at radius 1 is 1.03 bits per heavy atom. The summed E-state index contributed by atoms with van der Waals surface area (Å²) in [5.41, 5.74) is 2.11. The van der Waals surface area contributed by atoms with Crippen LogP contribution in [0.2, 0.25) is 0 Å². The quantitative estimate of drug-likeness (QED) is 0.514. The summed E-state index contributed by atoms with van der Waals surface area (Å²) in [6.07, 6.45) is 0.863. The second-order valence-corrected chi connectivity index (χ2v) is 8.23. The molecule has 3 atom stereocenters. The fraction of sp³-hybridized carbons (Fsp3) is 0.269. The van der Waals surface area contributed by atoms with Crippen molar-refractivity contribution in [2.24, 2.45) is 0 Å². The third-order valence-electron chi connectivity index (χ3n) is 5.79. The Kier molecular flexibility index (Phi) is 6.96. The molecule has 176 valence electrons. The van der Waals surface area contributed by atoms with Gasteiger partial charge >= 0.3 is 6.09 Å². The van der Waals surface area contributed by atoms with Crippen molar-refractivity contribution in [1.29, 1.82) is 0 Å². The lowest BCUT2D eigenvalue weighted by molar-refractivity contribution is -0.127. The SMILES string of the molecule is CC[C@H](C)NC(=O)[C@H]1[C@@H](c2ccc(NC(=O)c3ccco3)cc2)OC(=O)N1Cc1ccccc1. The van der Waals surface area contributed by atoms with Crippen LogP contribution in [0.3, 0.4) is 0 Å². The molecule has 0 saturated carbocycles. The van der Waals surface area contributed by atoms with Crippen LogP contribution in [0.1, 0.15) is 48.1 Å². The number of ether oxygens (including phenoxy) is 1. The molecule has 1 saturated heterocycles. The second kappa shape index (κ2) is 10.2. The zero-order valence-corrected chi connectivity index (χ0v) is 19.1. The van der Waals surface area contributed by atoms with E-state index in [1.807, 2.05) is 44.2 Å². The van der Waals surface area contributed by atoms with Crippen molar-refractivity contribution in [2.75, 3.05) is 5.32 Å². The minimum absolute atomic E-state index is 0.0402. The maximum Gasteiger partial charge on any atom is 0.411 e. The number of nitrogens with one attached hydrogen (secondary N) is 2. The summed E-state index contributed by atoms with van der Waals surface area (Å²) in [4.78, 5) is 39.7. The number of rotatable bonds is 8. The van der Waals surface area contributed by atoms with Crippen molar-refractivity contribution in [3.05, 3.63) is 89.9 Å². The predicted molar refractivity (Wildman–Crippen MR) is 126 cm³/mol. The van der Waals surface area contributed by atoms with E-state index in [1.54, 1.807) is 36.4 Å². The number of cyclic esters (lactones) is 1. The highest BCUT2D eigenvalue weighted by Gasteiger charge is 2.47. The van der Waals surface area contributed by atoms with Crippen LogP contribution in [0.15, 0.2) is 77.4 Å². The molecule has 1 aliphatic rings. The van der Waals surface area contributed by atoms with Crippen molar-refractivity contribution < 1.29 is 23.5 Å². The van der Waals surface area contributed by atoms with Gasteiger partial charge in [0.25, 0.3) is 5.91 Å². The van der Waals surface area contributed by atoms with Crippen LogP contribution < -0.4 is 10.6 Å². The van der Waals surface area contributed by atoms with Gasteiger partial charge in [-0.25, -0.2) is 4.79 Å². The predicted octanol–water partition coefficient (Wildman–Crippen LogP) is 4.51. The Bertz CT molecular complexity index is 1130. The number of furan rings is 1. The first-order chi connectivity index (χ1) is 16.5.